The van der Waals surface area contributed by atoms with E-state index in [2.05, 4.69) is 22.1 Å². The molecule has 3 aromatic rings. The SMILES string of the molecule is O=c1oc(-c2ccc(F)cc2)nn1CN(Cc1ccccc1)CC1CCCO1. The summed E-state index contributed by atoms with van der Waals surface area (Å²) >= 11 is 0. The number of hydrogen-bond donors (Lipinski definition) is 0. The van der Waals surface area contributed by atoms with Gasteiger partial charge in [-0.25, -0.2) is 9.18 Å². The van der Waals surface area contributed by atoms with Gasteiger partial charge >= 0.3 is 5.76 Å². The fourth-order valence-corrected chi connectivity index (χ4v) is 3.38. The Bertz CT molecular complexity index is 947. The second kappa shape index (κ2) is 8.50. The van der Waals surface area contributed by atoms with Crippen LogP contribution in [0.5, 0.6) is 0 Å². The van der Waals surface area contributed by atoms with E-state index in [1.165, 1.54) is 16.8 Å². The standard InChI is InChI=1S/C21H22FN3O3/c22-18-10-8-17(9-11-18)20-23-25(21(26)28-20)15-24(14-19-7-4-12-27-19)13-16-5-2-1-3-6-16/h1-3,5-6,8-11,19H,4,7,12-15H2. The maximum Gasteiger partial charge on any atom is 0.438 e. The van der Waals surface area contributed by atoms with E-state index in [0.717, 1.165) is 25.0 Å². The summed E-state index contributed by atoms with van der Waals surface area (Å²) in [6.45, 7) is 2.45. The van der Waals surface area contributed by atoms with Crippen LogP contribution in [-0.2, 0) is 18.0 Å². The Labute approximate surface area is 162 Å². The minimum atomic E-state index is -0.537. The first-order valence-electron chi connectivity index (χ1n) is 9.39. The molecule has 1 aliphatic rings. The Kier molecular flexibility index (Phi) is 5.64. The first kappa shape index (κ1) is 18.6. The molecule has 0 amide bonds. The van der Waals surface area contributed by atoms with E-state index in [-0.39, 0.29) is 24.5 Å². The molecule has 0 radical (unpaired) electrons. The zero-order valence-corrected chi connectivity index (χ0v) is 15.5. The molecular formula is C21H22FN3O3. The summed E-state index contributed by atoms with van der Waals surface area (Å²) < 4.78 is 25.5. The molecule has 1 aliphatic heterocycles. The third kappa shape index (κ3) is 4.55. The first-order valence-corrected chi connectivity index (χ1v) is 9.39. The van der Waals surface area contributed by atoms with Crippen molar-refractivity contribution in [2.24, 2.45) is 0 Å². The molecule has 7 heteroatoms. The maximum atomic E-state index is 13.1. The van der Waals surface area contributed by atoms with Gasteiger partial charge in [-0.1, -0.05) is 30.3 Å². The van der Waals surface area contributed by atoms with Crippen LogP contribution >= 0.6 is 0 Å². The highest BCUT2D eigenvalue weighted by Gasteiger charge is 2.21. The van der Waals surface area contributed by atoms with Crippen molar-refractivity contribution < 1.29 is 13.5 Å². The quantitative estimate of drug-likeness (QED) is 0.627. The van der Waals surface area contributed by atoms with Crippen molar-refractivity contribution in [3.8, 4) is 11.5 Å². The van der Waals surface area contributed by atoms with Gasteiger partial charge in [0, 0.05) is 25.3 Å². The number of aromatic nitrogens is 2. The average Bonchev–Trinajstić information content (AvgIpc) is 3.33. The van der Waals surface area contributed by atoms with Crippen molar-refractivity contribution in [1.82, 2.24) is 14.7 Å². The molecule has 1 atom stereocenters. The summed E-state index contributed by atoms with van der Waals surface area (Å²) in [5.41, 5.74) is 1.71. The lowest BCUT2D eigenvalue weighted by Gasteiger charge is -2.24. The second-order valence-electron chi connectivity index (χ2n) is 6.95. The van der Waals surface area contributed by atoms with Gasteiger partial charge in [-0.05, 0) is 42.7 Å². The van der Waals surface area contributed by atoms with Crippen LogP contribution in [0.4, 0.5) is 4.39 Å². The zero-order valence-electron chi connectivity index (χ0n) is 15.5. The summed E-state index contributed by atoms with van der Waals surface area (Å²) in [7, 11) is 0. The Morgan fingerprint density at radius 1 is 1.14 bits per heavy atom. The van der Waals surface area contributed by atoms with Crippen LogP contribution in [0, 0.1) is 5.82 Å². The molecule has 0 bridgehead atoms. The molecule has 146 valence electrons. The van der Waals surface area contributed by atoms with E-state index >= 15 is 0 Å². The van der Waals surface area contributed by atoms with E-state index in [0.29, 0.717) is 18.7 Å². The second-order valence-corrected chi connectivity index (χ2v) is 6.95. The van der Waals surface area contributed by atoms with E-state index in [4.69, 9.17) is 9.15 Å². The molecule has 2 heterocycles. The molecule has 1 fully saturated rings. The molecule has 2 aromatic carbocycles. The fourth-order valence-electron chi connectivity index (χ4n) is 3.38. The molecule has 1 saturated heterocycles. The maximum absolute atomic E-state index is 13.1. The van der Waals surface area contributed by atoms with E-state index < -0.39 is 5.76 Å². The van der Waals surface area contributed by atoms with Crippen LogP contribution < -0.4 is 5.76 Å². The fraction of sp³-hybridized carbons (Fsp3) is 0.333. The van der Waals surface area contributed by atoms with Gasteiger partial charge in [0.05, 0.1) is 6.10 Å². The number of nitrogens with zero attached hydrogens (tertiary/aromatic N) is 3. The van der Waals surface area contributed by atoms with Crippen molar-refractivity contribution in [3.05, 3.63) is 76.5 Å². The zero-order chi connectivity index (χ0) is 19.3. The molecule has 4 rings (SSSR count). The van der Waals surface area contributed by atoms with Gasteiger partial charge in [-0.15, -0.1) is 5.10 Å². The Morgan fingerprint density at radius 3 is 2.64 bits per heavy atom. The average molecular weight is 383 g/mol. The summed E-state index contributed by atoms with van der Waals surface area (Å²) in [6.07, 6.45) is 2.23. The third-order valence-corrected chi connectivity index (χ3v) is 4.77. The Balaban J connectivity index is 1.53. The van der Waals surface area contributed by atoms with E-state index in [9.17, 15) is 9.18 Å². The van der Waals surface area contributed by atoms with Gasteiger partial charge in [-0.3, -0.25) is 4.90 Å². The number of benzene rings is 2. The molecule has 0 saturated carbocycles. The van der Waals surface area contributed by atoms with Crippen molar-refractivity contribution in [2.75, 3.05) is 13.2 Å². The van der Waals surface area contributed by atoms with Crippen LogP contribution in [-0.4, -0.2) is 33.9 Å². The lowest BCUT2D eigenvalue weighted by molar-refractivity contribution is 0.0559. The van der Waals surface area contributed by atoms with Crippen molar-refractivity contribution in [1.29, 1.82) is 0 Å². The van der Waals surface area contributed by atoms with Crippen molar-refractivity contribution in [3.63, 3.8) is 0 Å². The van der Waals surface area contributed by atoms with Crippen LogP contribution in [0.2, 0.25) is 0 Å². The van der Waals surface area contributed by atoms with Crippen molar-refractivity contribution >= 4 is 0 Å². The third-order valence-electron chi connectivity index (χ3n) is 4.77. The highest BCUT2D eigenvalue weighted by atomic mass is 19.1. The van der Waals surface area contributed by atoms with Gasteiger partial charge in [0.2, 0.25) is 5.89 Å². The molecule has 6 nitrogen and oxygen atoms in total. The molecule has 1 aromatic heterocycles. The first-order chi connectivity index (χ1) is 13.7. The normalized spacial score (nSPS) is 16.7. The van der Waals surface area contributed by atoms with Gasteiger partial charge in [0.15, 0.2) is 0 Å². The predicted octanol–water partition coefficient (Wildman–Crippen LogP) is 3.28. The molecule has 1 unspecified atom stereocenters. The summed E-state index contributed by atoms with van der Waals surface area (Å²) in [5.74, 6) is -0.706. The number of ether oxygens (including phenoxy) is 1. The summed E-state index contributed by atoms with van der Waals surface area (Å²) in [6, 6.07) is 15.8. The smallest absolute Gasteiger partial charge is 0.388 e. The molecule has 0 aliphatic carbocycles. The van der Waals surface area contributed by atoms with E-state index in [1.807, 2.05) is 18.2 Å². The summed E-state index contributed by atoms with van der Waals surface area (Å²) in [5, 5.41) is 4.30. The minimum absolute atomic E-state index is 0.155. The lowest BCUT2D eigenvalue weighted by atomic mass is 10.2. The monoisotopic (exact) mass is 383 g/mol. The highest BCUT2D eigenvalue weighted by molar-refractivity contribution is 5.51. The summed E-state index contributed by atoms with van der Waals surface area (Å²) in [4.78, 5) is 14.4. The van der Waals surface area contributed by atoms with Crippen molar-refractivity contribution in [2.45, 2.75) is 32.2 Å². The van der Waals surface area contributed by atoms with Gasteiger partial charge in [0.1, 0.15) is 12.5 Å². The number of halogens is 1. The Hall–Kier alpha value is -2.77. The van der Waals surface area contributed by atoms with Gasteiger partial charge in [-0.2, -0.15) is 4.68 Å². The lowest BCUT2D eigenvalue weighted by Crippen LogP contribution is -2.36. The highest BCUT2D eigenvalue weighted by Crippen LogP contribution is 2.18. The van der Waals surface area contributed by atoms with Crippen LogP contribution in [0.3, 0.4) is 0 Å². The van der Waals surface area contributed by atoms with Gasteiger partial charge < -0.3 is 9.15 Å². The van der Waals surface area contributed by atoms with E-state index in [1.54, 1.807) is 12.1 Å². The molecule has 28 heavy (non-hydrogen) atoms. The number of rotatable bonds is 7. The Morgan fingerprint density at radius 2 is 1.93 bits per heavy atom. The predicted molar refractivity (Wildman–Crippen MR) is 102 cm³/mol. The van der Waals surface area contributed by atoms with Gasteiger partial charge in [0.25, 0.3) is 0 Å². The molecule has 0 spiro atoms. The van der Waals surface area contributed by atoms with Crippen LogP contribution in [0.25, 0.3) is 11.5 Å². The molecule has 0 N–H and O–H groups in total. The number of hydrogen-bond acceptors (Lipinski definition) is 5. The topological polar surface area (TPSA) is 60.5 Å². The molecular weight excluding hydrogens is 361 g/mol. The van der Waals surface area contributed by atoms with Crippen LogP contribution in [0.15, 0.2) is 63.8 Å². The minimum Gasteiger partial charge on any atom is -0.388 e. The largest absolute Gasteiger partial charge is 0.438 e. The van der Waals surface area contributed by atoms with Crippen LogP contribution in [0.1, 0.15) is 18.4 Å².